The van der Waals surface area contributed by atoms with Crippen LogP contribution in [0.4, 0.5) is 0 Å². The van der Waals surface area contributed by atoms with E-state index in [1.54, 1.807) is 26.0 Å². The Hall–Kier alpha value is -1.77. The topological polar surface area (TPSA) is 46.5 Å². The quantitative estimate of drug-likeness (QED) is 0.656. The standard InChI is InChI=1S/C15H20O3/c1-5-11(3)15(17)18-9-12(4)13-7-6-10(2)8-14(13)16/h5-8,12,16H,9H2,1-4H3. The van der Waals surface area contributed by atoms with Crippen LogP contribution in [-0.2, 0) is 9.53 Å². The van der Waals surface area contributed by atoms with E-state index in [4.69, 9.17) is 4.74 Å². The van der Waals surface area contributed by atoms with Gasteiger partial charge in [0.15, 0.2) is 0 Å². The number of hydrogen-bond acceptors (Lipinski definition) is 3. The van der Waals surface area contributed by atoms with E-state index in [2.05, 4.69) is 0 Å². The molecule has 3 nitrogen and oxygen atoms in total. The van der Waals surface area contributed by atoms with Gasteiger partial charge in [-0.2, -0.15) is 0 Å². The zero-order valence-corrected chi connectivity index (χ0v) is 11.4. The summed E-state index contributed by atoms with van der Waals surface area (Å²) in [6, 6.07) is 5.51. The Balaban J connectivity index is 2.66. The van der Waals surface area contributed by atoms with E-state index >= 15 is 0 Å². The van der Waals surface area contributed by atoms with Crippen LogP contribution in [0.25, 0.3) is 0 Å². The Morgan fingerprint density at radius 3 is 2.72 bits per heavy atom. The van der Waals surface area contributed by atoms with Crippen LogP contribution in [0, 0.1) is 6.92 Å². The molecule has 0 bridgehead atoms. The monoisotopic (exact) mass is 248 g/mol. The van der Waals surface area contributed by atoms with Crippen LogP contribution in [0.3, 0.4) is 0 Å². The van der Waals surface area contributed by atoms with Crippen molar-refractivity contribution in [2.24, 2.45) is 0 Å². The highest BCUT2D eigenvalue weighted by atomic mass is 16.5. The van der Waals surface area contributed by atoms with Crippen LogP contribution < -0.4 is 0 Å². The lowest BCUT2D eigenvalue weighted by Crippen LogP contribution is -2.11. The molecular weight excluding hydrogens is 228 g/mol. The molecule has 18 heavy (non-hydrogen) atoms. The van der Waals surface area contributed by atoms with E-state index in [1.807, 2.05) is 26.0 Å². The minimum absolute atomic E-state index is 0.0285. The Labute approximate surface area is 108 Å². The van der Waals surface area contributed by atoms with Crippen molar-refractivity contribution in [3.63, 3.8) is 0 Å². The van der Waals surface area contributed by atoms with Gasteiger partial charge in [-0.15, -0.1) is 0 Å². The van der Waals surface area contributed by atoms with Crippen LogP contribution in [0.5, 0.6) is 5.75 Å². The van der Waals surface area contributed by atoms with Crippen molar-refractivity contribution in [3.05, 3.63) is 41.0 Å². The third-order valence-electron chi connectivity index (χ3n) is 2.94. The van der Waals surface area contributed by atoms with Crippen molar-refractivity contribution in [1.82, 2.24) is 0 Å². The normalized spacial score (nSPS) is 13.2. The van der Waals surface area contributed by atoms with Gasteiger partial charge in [0, 0.05) is 17.1 Å². The SMILES string of the molecule is CC=C(C)C(=O)OCC(C)c1ccc(C)cc1O. The summed E-state index contributed by atoms with van der Waals surface area (Å²) in [6.07, 6.45) is 1.72. The second kappa shape index (κ2) is 6.24. The molecule has 1 unspecified atom stereocenters. The molecule has 1 atom stereocenters. The van der Waals surface area contributed by atoms with Gasteiger partial charge in [-0.1, -0.05) is 25.1 Å². The third kappa shape index (κ3) is 3.62. The van der Waals surface area contributed by atoms with E-state index < -0.39 is 0 Å². The van der Waals surface area contributed by atoms with Crippen molar-refractivity contribution >= 4 is 5.97 Å². The minimum Gasteiger partial charge on any atom is -0.508 e. The molecule has 0 radical (unpaired) electrons. The zero-order chi connectivity index (χ0) is 13.7. The summed E-state index contributed by atoms with van der Waals surface area (Å²) in [5.41, 5.74) is 2.40. The summed E-state index contributed by atoms with van der Waals surface area (Å²) in [4.78, 5) is 11.5. The summed E-state index contributed by atoms with van der Waals surface area (Å²) in [5.74, 6) is -0.0866. The number of rotatable bonds is 4. The molecule has 1 rings (SSSR count). The summed E-state index contributed by atoms with van der Waals surface area (Å²) >= 11 is 0. The molecule has 0 aliphatic carbocycles. The van der Waals surface area contributed by atoms with Gasteiger partial charge < -0.3 is 9.84 Å². The van der Waals surface area contributed by atoms with Crippen LogP contribution in [0.15, 0.2) is 29.8 Å². The lowest BCUT2D eigenvalue weighted by Gasteiger charge is -2.14. The van der Waals surface area contributed by atoms with E-state index in [0.29, 0.717) is 5.57 Å². The summed E-state index contributed by atoms with van der Waals surface area (Å²) in [5, 5.41) is 9.83. The molecule has 98 valence electrons. The smallest absolute Gasteiger partial charge is 0.333 e. The molecule has 0 saturated carbocycles. The predicted octanol–water partition coefficient (Wildman–Crippen LogP) is 3.31. The van der Waals surface area contributed by atoms with Gasteiger partial charge in [-0.3, -0.25) is 0 Å². The van der Waals surface area contributed by atoms with Crippen LogP contribution in [0.2, 0.25) is 0 Å². The van der Waals surface area contributed by atoms with Gasteiger partial charge in [0.25, 0.3) is 0 Å². The molecule has 0 aliphatic heterocycles. The molecular formula is C15H20O3. The third-order valence-corrected chi connectivity index (χ3v) is 2.94. The molecule has 0 spiro atoms. The second-order valence-corrected chi connectivity index (χ2v) is 4.53. The maximum Gasteiger partial charge on any atom is 0.333 e. The van der Waals surface area contributed by atoms with Crippen molar-refractivity contribution in [2.45, 2.75) is 33.6 Å². The van der Waals surface area contributed by atoms with E-state index in [9.17, 15) is 9.90 Å². The highest BCUT2D eigenvalue weighted by molar-refractivity contribution is 5.87. The number of aryl methyl sites for hydroxylation is 1. The molecule has 1 aromatic rings. The maximum absolute atomic E-state index is 11.5. The lowest BCUT2D eigenvalue weighted by atomic mass is 9.99. The highest BCUT2D eigenvalue weighted by Crippen LogP contribution is 2.26. The Morgan fingerprint density at radius 1 is 1.50 bits per heavy atom. The number of carbonyl (C=O) groups is 1. The number of benzene rings is 1. The minimum atomic E-state index is -0.309. The van der Waals surface area contributed by atoms with Gasteiger partial charge in [-0.25, -0.2) is 4.79 Å². The molecule has 1 N–H and O–H groups in total. The molecule has 0 heterocycles. The van der Waals surface area contributed by atoms with Gasteiger partial charge in [0.1, 0.15) is 5.75 Å². The molecule has 0 aromatic heterocycles. The van der Waals surface area contributed by atoms with Crippen molar-refractivity contribution in [2.75, 3.05) is 6.61 Å². The van der Waals surface area contributed by atoms with Crippen molar-refractivity contribution in [3.8, 4) is 5.75 Å². The fourth-order valence-corrected chi connectivity index (χ4v) is 1.59. The van der Waals surface area contributed by atoms with Gasteiger partial charge >= 0.3 is 5.97 Å². The van der Waals surface area contributed by atoms with Crippen molar-refractivity contribution < 1.29 is 14.6 Å². The molecule has 0 aliphatic rings. The predicted molar refractivity (Wildman–Crippen MR) is 71.6 cm³/mol. The number of ether oxygens (including phenoxy) is 1. The molecule has 0 amide bonds. The number of carbonyl (C=O) groups excluding carboxylic acids is 1. The highest BCUT2D eigenvalue weighted by Gasteiger charge is 2.13. The van der Waals surface area contributed by atoms with Crippen molar-refractivity contribution in [1.29, 1.82) is 0 Å². The molecule has 0 fully saturated rings. The number of hydrogen-bond donors (Lipinski definition) is 1. The lowest BCUT2D eigenvalue weighted by molar-refractivity contribution is -0.139. The number of aromatic hydroxyl groups is 1. The van der Waals surface area contributed by atoms with Gasteiger partial charge in [-0.05, 0) is 32.4 Å². The van der Waals surface area contributed by atoms with Gasteiger partial charge in [0.05, 0.1) is 6.61 Å². The number of phenolic OH excluding ortho intramolecular Hbond substituents is 1. The average molecular weight is 248 g/mol. The Bertz CT molecular complexity index is 461. The van der Waals surface area contributed by atoms with Gasteiger partial charge in [0.2, 0.25) is 0 Å². The maximum atomic E-state index is 11.5. The molecule has 0 saturated heterocycles. The van der Waals surface area contributed by atoms with Crippen LogP contribution in [0.1, 0.15) is 37.8 Å². The molecule has 1 aromatic carbocycles. The van der Waals surface area contributed by atoms with E-state index in [0.717, 1.165) is 11.1 Å². The second-order valence-electron chi connectivity index (χ2n) is 4.53. The fraction of sp³-hybridized carbons (Fsp3) is 0.400. The van der Waals surface area contributed by atoms with E-state index in [-0.39, 0.29) is 24.2 Å². The Morgan fingerprint density at radius 2 is 2.17 bits per heavy atom. The average Bonchev–Trinajstić information content (AvgIpc) is 2.34. The first-order valence-electron chi connectivity index (χ1n) is 6.05. The van der Waals surface area contributed by atoms with Crippen LogP contribution in [-0.4, -0.2) is 17.7 Å². The first-order valence-corrected chi connectivity index (χ1v) is 6.05. The fourth-order valence-electron chi connectivity index (χ4n) is 1.59. The number of phenols is 1. The first-order chi connectivity index (χ1) is 8.45. The number of esters is 1. The largest absolute Gasteiger partial charge is 0.508 e. The molecule has 3 heteroatoms. The van der Waals surface area contributed by atoms with E-state index in [1.165, 1.54) is 0 Å². The first kappa shape index (κ1) is 14.3. The Kier molecular flexibility index (Phi) is 4.95. The summed E-state index contributed by atoms with van der Waals surface area (Å²) < 4.78 is 5.18. The zero-order valence-electron chi connectivity index (χ0n) is 11.4. The summed E-state index contributed by atoms with van der Waals surface area (Å²) in [7, 11) is 0. The van der Waals surface area contributed by atoms with Crippen LogP contribution >= 0.6 is 0 Å². The number of allylic oxidation sites excluding steroid dienone is 1. The summed E-state index contributed by atoms with van der Waals surface area (Å²) in [6.45, 7) is 7.62.